The molecule has 0 N–H and O–H groups in total. The summed E-state index contributed by atoms with van der Waals surface area (Å²) in [6, 6.07) is 3.87. The summed E-state index contributed by atoms with van der Waals surface area (Å²) in [7, 11) is 0. The van der Waals surface area contributed by atoms with Crippen molar-refractivity contribution in [1.82, 2.24) is 24.3 Å². The summed E-state index contributed by atoms with van der Waals surface area (Å²) in [6.07, 6.45) is 3.91. The summed E-state index contributed by atoms with van der Waals surface area (Å²) < 4.78 is 3.39. The normalized spacial score (nSPS) is 9.94. The van der Waals surface area contributed by atoms with Crippen molar-refractivity contribution in [3.05, 3.63) is 29.9 Å². The molecule has 0 bridgehead atoms. The fraction of sp³-hybridized carbons (Fsp3) is 0.364. The molecule has 0 aliphatic carbocycles. The molecule has 0 spiro atoms. The van der Waals surface area contributed by atoms with Crippen molar-refractivity contribution in [2.45, 2.75) is 26.4 Å². The Morgan fingerprint density at radius 3 is 2.78 bits per heavy atom. The van der Waals surface area contributed by atoms with Gasteiger partial charge in [0, 0.05) is 6.54 Å². The summed E-state index contributed by atoms with van der Waals surface area (Å²) >= 11 is 0. The lowest BCUT2D eigenvalue weighted by atomic mass is 10.3. The van der Waals surface area contributed by atoms with Gasteiger partial charge in [-0.2, -0.15) is 15.6 Å². The zero-order chi connectivity index (χ0) is 13.0. The highest BCUT2D eigenvalue weighted by Gasteiger charge is 2.12. The molecule has 0 aliphatic rings. The molecule has 2 heterocycles. The largest absolute Gasteiger partial charge is 0.314 e. The van der Waals surface area contributed by atoms with E-state index in [-0.39, 0.29) is 11.4 Å². The van der Waals surface area contributed by atoms with Crippen LogP contribution in [0.2, 0.25) is 0 Å². The average Bonchev–Trinajstić information content (AvgIpc) is 2.97. The van der Waals surface area contributed by atoms with E-state index in [9.17, 15) is 0 Å². The topological polar surface area (TPSA) is 96.1 Å². The smallest absolute Gasteiger partial charge is 0.176 e. The van der Waals surface area contributed by atoms with Gasteiger partial charge in [0.1, 0.15) is 24.3 Å². The lowest BCUT2D eigenvalue weighted by molar-refractivity contribution is 0.553. The minimum atomic E-state index is 0.138. The van der Waals surface area contributed by atoms with Crippen molar-refractivity contribution in [3.8, 4) is 12.1 Å². The molecule has 0 unspecified atom stereocenters. The van der Waals surface area contributed by atoms with Gasteiger partial charge in [0.2, 0.25) is 0 Å². The summed E-state index contributed by atoms with van der Waals surface area (Å²) in [5.74, 6) is 0.746. The second kappa shape index (κ2) is 5.11. The molecule has 0 aromatic carbocycles. The van der Waals surface area contributed by atoms with Gasteiger partial charge in [-0.15, -0.1) is 0 Å². The predicted molar refractivity (Wildman–Crippen MR) is 61.1 cm³/mol. The Hall–Kier alpha value is -2.67. The third-order valence-corrected chi connectivity index (χ3v) is 2.49. The van der Waals surface area contributed by atoms with Crippen molar-refractivity contribution in [1.29, 1.82) is 10.5 Å². The molecule has 2 aromatic heterocycles. The molecule has 0 amide bonds. The van der Waals surface area contributed by atoms with Gasteiger partial charge >= 0.3 is 0 Å². The maximum absolute atomic E-state index is 9.02. The fourth-order valence-electron chi connectivity index (χ4n) is 1.66. The molecule has 0 saturated carbocycles. The Labute approximate surface area is 104 Å². The first-order valence-corrected chi connectivity index (χ1v) is 5.52. The van der Waals surface area contributed by atoms with Crippen LogP contribution in [-0.2, 0) is 13.1 Å². The highest BCUT2D eigenvalue weighted by atomic mass is 15.3. The van der Waals surface area contributed by atoms with Crippen LogP contribution in [0.1, 0.15) is 30.6 Å². The van der Waals surface area contributed by atoms with Crippen LogP contribution in [0.3, 0.4) is 0 Å². The Bertz CT molecular complexity index is 623. The molecule has 0 aliphatic heterocycles. The Morgan fingerprint density at radius 2 is 2.11 bits per heavy atom. The van der Waals surface area contributed by atoms with E-state index in [1.165, 1.54) is 12.7 Å². The standard InChI is InChI=1S/C11H11N7/c1-2-3-18-11(14-7-16-18)6-17-8-15-9(4-12)10(17)5-13/h7-8H,2-3,6H2,1H3. The van der Waals surface area contributed by atoms with Crippen LogP contribution in [0.25, 0.3) is 0 Å². The van der Waals surface area contributed by atoms with Crippen LogP contribution >= 0.6 is 0 Å². The van der Waals surface area contributed by atoms with E-state index in [1.807, 2.05) is 12.1 Å². The molecule has 0 radical (unpaired) electrons. The van der Waals surface area contributed by atoms with Crippen LogP contribution in [-0.4, -0.2) is 24.3 Å². The lowest BCUT2D eigenvalue weighted by Gasteiger charge is -2.05. The molecule has 2 rings (SSSR count). The van der Waals surface area contributed by atoms with Gasteiger partial charge in [0.15, 0.2) is 11.4 Å². The van der Waals surface area contributed by atoms with Gasteiger partial charge in [0.05, 0.1) is 12.9 Å². The van der Waals surface area contributed by atoms with Crippen molar-refractivity contribution in [2.24, 2.45) is 0 Å². The van der Waals surface area contributed by atoms with Gasteiger partial charge in [-0.3, -0.25) is 0 Å². The summed E-state index contributed by atoms with van der Waals surface area (Å²) in [5, 5.41) is 21.9. The Kier molecular flexibility index (Phi) is 3.35. The Balaban J connectivity index is 2.30. The van der Waals surface area contributed by atoms with Crippen molar-refractivity contribution < 1.29 is 0 Å². The van der Waals surface area contributed by atoms with Crippen LogP contribution in [0, 0.1) is 22.7 Å². The lowest BCUT2D eigenvalue weighted by Crippen LogP contribution is -2.10. The first-order valence-electron chi connectivity index (χ1n) is 5.52. The molecular formula is C11H11N7. The Morgan fingerprint density at radius 1 is 1.28 bits per heavy atom. The number of hydrogen-bond acceptors (Lipinski definition) is 5. The van der Waals surface area contributed by atoms with E-state index in [1.54, 1.807) is 9.25 Å². The highest BCUT2D eigenvalue weighted by Crippen LogP contribution is 2.08. The first kappa shape index (κ1) is 11.8. The van der Waals surface area contributed by atoms with Gasteiger partial charge in [-0.1, -0.05) is 6.92 Å². The number of rotatable bonds is 4. The second-order valence-corrected chi connectivity index (χ2v) is 3.69. The first-order chi connectivity index (χ1) is 8.80. The van der Waals surface area contributed by atoms with E-state index in [2.05, 4.69) is 22.0 Å². The van der Waals surface area contributed by atoms with Crippen LogP contribution in [0.5, 0.6) is 0 Å². The summed E-state index contributed by atoms with van der Waals surface area (Å²) in [4.78, 5) is 8.04. The minimum Gasteiger partial charge on any atom is -0.314 e. The highest BCUT2D eigenvalue weighted by molar-refractivity contribution is 5.36. The molecular weight excluding hydrogens is 230 g/mol. The van der Waals surface area contributed by atoms with Crippen LogP contribution in [0.4, 0.5) is 0 Å². The number of aromatic nitrogens is 5. The van der Waals surface area contributed by atoms with E-state index in [0.29, 0.717) is 6.54 Å². The van der Waals surface area contributed by atoms with Gasteiger partial charge in [-0.05, 0) is 6.42 Å². The van der Waals surface area contributed by atoms with Crippen LogP contribution in [0.15, 0.2) is 12.7 Å². The molecule has 0 fully saturated rings. The quantitative estimate of drug-likeness (QED) is 0.784. The van der Waals surface area contributed by atoms with E-state index in [4.69, 9.17) is 10.5 Å². The predicted octanol–water partition coefficient (Wildman–Crippen LogP) is 0.676. The van der Waals surface area contributed by atoms with E-state index in [0.717, 1.165) is 18.8 Å². The van der Waals surface area contributed by atoms with Gasteiger partial charge in [-0.25, -0.2) is 14.6 Å². The van der Waals surface area contributed by atoms with Crippen molar-refractivity contribution >= 4 is 0 Å². The van der Waals surface area contributed by atoms with Crippen molar-refractivity contribution in [2.75, 3.05) is 0 Å². The molecule has 18 heavy (non-hydrogen) atoms. The third kappa shape index (κ3) is 2.06. The minimum absolute atomic E-state index is 0.138. The molecule has 0 atom stereocenters. The van der Waals surface area contributed by atoms with Gasteiger partial charge in [0.25, 0.3) is 0 Å². The second-order valence-electron chi connectivity index (χ2n) is 3.69. The number of nitriles is 2. The molecule has 0 saturated heterocycles. The van der Waals surface area contributed by atoms with Crippen LogP contribution < -0.4 is 0 Å². The van der Waals surface area contributed by atoms with E-state index < -0.39 is 0 Å². The zero-order valence-electron chi connectivity index (χ0n) is 9.91. The number of aryl methyl sites for hydroxylation is 1. The van der Waals surface area contributed by atoms with Crippen molar-refractivity contribution in [3.63, 3.8) is 0 Å². The molecule has 7 nitrogen and oxygen atoms in total. The SMILES string of the molecule is CCCn1ncnc1Cn1cnc(C#N)c1C#N. The summed E-state index contributed by atoms with van der Waals surface area (Å²) in [5.41, 5.74) is 0.391. The average molecular weight is 241 g/mol. The van der Waals surface area contributed by atoms with E-state index >= 15 is 0 Å². The molecule has 90 valence electrons. The number of nitrogens with zero attached hydrogens (tertiary/aromatic N) is 7. The third-order valence-electron chi connectivity index (χ3n) is 2.49. The monoisotopic (exact) mass is 241 g/mol. The number of imidazole rings is 1. The molecule has 2 aromatic rings. The summed E-state index contributed by atoms with van der Waals surface area (Å²) in [6.45, 7) is 3.21. The maximum atomic E-state index is 9.02. The number of hydrogen-bond donors (Lipinski definition) is 0. The maximum Gasteiger partial charge on any atom is 0.176 e. The van der Waals surface area contributed by atoms with Gasteiger partial charge < -0.3 is 4.57 Å². The molecule has 7 heteroatoms. The fourth-order valence-corrected chi connectivity index (χ4v) is 1.66. The zero-order valence-corrected chi connectivity index (χ0v) is 9.91.